The second-order valence-corrected chi connectivity index (χ2v) is 5.50. The van der Waals surface area contributed by atoms with E-state index in [-0.39, 0.29) is 5.90 Å². The topological polar surface area (TPSA) is 53.3 Å². The van der Waals surface area contributed by atoms with E-state index < -0.39 is 5.60 Å². The van der Waals surface area contributed by atoms with E-state index in [1.54, 1.807) is 19.1 Å². The molecule has 2 rings (SSSR count). The van der Waals surface area contributed by atoms with E-state index in [0.717, 1.165) is 21.1 Å². The van der Waals surface area contributed by atoms with Crippen molar-refractivity contribution in [2.24, 2.45) is 0 Å². The van der Waals surface area contributed by atoms with Crippen LogP contribution in [-0.4, -0.2) is 17.6 Å². The molecule has 1 unspecified atom stereocenters. The van der Waals surface area contributed by atoms with Crippen molar-refractivity contribution in [3.8, 4) is 0 Å². The molecular weight excluding hydrogens is 352 g/mol. The third kappa shape index (κ3) is 2.06. The Morgan fingerprint density at radius 2 is 2.35 bits per heavy atom. The maximum atomic E-state index is 10.6. The van der Waals surface area contributed by atoms with E-state index in [9.17, 15) is 5.11 Å². The maximum Gasteiger partial charge on any atom is 0.218 e. The van der Waals surface area contributed by atoms with Crippen LogP contribution in [0.5, 0.6) is 0 Å². The lowest BCUT2D eigenvalue weighted by atomic mass is 9.96. The van der Waals surface area contributed by atoms with Crippen molar-refractivity contribution >= 4 is 40.1 Å². The molecule has 0 aromatic heterocycles. The van der Waals surface area contributed by atoms with E-state index in [2.05, 4.69) is 22.6 Å². The zero-order valence-electron chi connectivity index (χ0n) is 9.39. The Balaban J connectivity index is 2.47. The Hall–Kier alpha value is -0.330. The molecule has 1 aliphatic carbocycles. The number of fused-ring (bicyclic) bond motifs is 1. The van der Waals surface area contributed by atoms with Crippen molar-refractivity contribution in [1.82, 2.24) is 0 Å². The van der Waals surface area contributed by atoms with Crippen molar-refractivity contribution in [3.05, 3.63) is 31.9 Å². The van der Waals surface area contributed by atoms with Crippen molar-refractivity contribution in [2.75, 3.05) is 6.61 Å². The number of benzene rings is 1. The summed E-state index contributed by atoms with van der Waals surface area (Å²) in [6.07, 6.45) is 1.21. The van der Waals surface area contributed by atoms with Crippen molar-refractivity contribution in [1.29, 1.82) is 5.41 Å². The minimum atomic E-state index is -1.28. The zero-order valence-corrected chi connectivity index (χ0v) is 12.3. The molecule has 0 saturated carbocycles. The molecule has 0 amide bonds. The average Bonchev–Trinajstić information content (AvgIpc) is 2.64. The van der Waals surface area contributed by atoms with Gasteiger partial charge in [-0.2, -0.15) is 0 Å². The number of halogens is 2. The lowest BCUT2D eigenvalue weighted by molar-refractivity contribution is 0.0782. The second kappa shape index (κ2) is 4.74. The van der Waals surface area contributed by atoms with Gasteiger partial charge < -0.3 is 9.84 Å². The van der Waals surface area contributed by atoms with Crippen LogP contribution in [0.3, 0.4) is 0 Å². The standard InChI is InChI=1S/C12H13ClINO2/c1-2-17-11(15)12(16)6-5-7-8(12)3-4-9(13)10(7)14/h3-4,15-16H,2,5-6H2,1H3. The molecule has 5 heteroatoms. The highest BCUT2D eigenvalue weighted by atomic mass is 127. The van der Waals surface area contributed by atoms with Gasteiger partial charge in [0.05, 0.1) is 11.6 Å². The fourth-order valence-corrected chi connectivity index (χ4v) is 3.08. The summed E-state index contributed by atoms with van der Waals surface area (Å²) in [5, 5.41) is 19.1. The molecule has 0 aliphatic heterocycles. The molecular formula is C12H13ClINO2. The van der Waals surface area contributed by atoms with Crippen molar-refractivity contribution in [2.45, 2.75) is 25.4 Å². The summed E-state index contributed by atoms with van der Waals surface area (Å²) < 4.78 is 6.11. The molecule has 0 heterocycles. The van der Waals surface area contributed by atoms with E-state index in [1.807, 2.05) is 0 Å². The molecule has 1 atom stereocenters. The van der Waals surface area contributed by atoms with E-state index in [0.29, 0.717) is 18.1 Å². The van der Waals surface area contributed by atoms with Crippen LogP contribution in [0.25, 0.3) is 0 Å². The second-order valence-electron chi connectivity index (χ2n) is 4.01. The van der Waals surface area contributed by atoms with Crippen molar-refractivity contribution in [3.63, 3.8) is 0 Å². The van der Waals surface area contributed by atoms with Gasteiger partial charge in [0.1, 0.15) is 0 Å². The highest BCUT2D eigenvalue weighted by Crippen LogP contribution is 2.41. The number of aliphatic hydroxyl groups is 1. The van der Waals surface area contributed by atoms with Gasteiger partial charge in [-0.3, -0.25) is 5.41 Å². The van der Waals surface area contributed by atoms with Crippen LogP contribution in [0.1, 0.15) is 24.5 Å². The molecule has 1 aromatic carbocycles. The predicted octanol–water partition coefficient (Wildman–Crippen LogP) is 3.09. The molecule has 0 bridgehead atoms. The van der Waals surface area contributed by atoms with Gasteiger partial charge in [-0.15, -0.1) is 0 Å². The number of hydrogen-bond acceptors (Lipinski definition) is 3. The SMILES string of the molecule is CCOC(=N)C1(O)CCc2c1ccc(Cl)c2I. The van der Waals surface area contributed by atoms with Gasteiger partial charge >= 0.3 is 0 Å². The molecule has 0 saturated heterocycles. The molecule has 3 nitrogen and oxygen atoms in total. The minimum absolute atomic E-state index is 0.0723. The first-order valence-electron chi connectivity index (χ1n) is 5.42. The molecule has 92 valence electrons. The number of rotatable bonds is 2. The number of hydrogen-bond donors (Lipinski definition) is 2. The molecule has 1 aromatic rings. The average molecular weight is 366 g/mol. The minimum Gasteiger partial charge on any atom is -0.479 e. The summed E-state index contributed by atoms with van der Waals surface area (Å²) in [7, 11) is 0. The smallest absolute Gasteiger partial charge is 0.218 e. The summed E-state index contributed by atoms with van der Waals surface area (Å²) in [6, 6.07) is 3.55. The Labute approximate surface area is 119 Å². The highest BCUT2D eigenvalue weighted by Gasteiger charge is 2.43. The van der Waals surface area contributed by atoms with E-state index in [4.69, 9.17) is 21.7 Å². The van der Waals surface area contributed by atoms with E-state index in [1.165, 1.54) is 0 Å². The lowest BCUT2D eigenvalue weighted by Gasteiger charge is -2.24. The van der Waals surface area contributed by atoms with Gasteiger partial charge in [0.15, 0.2) is 5.60 Å². The highest BCUT2D eigenvalue weighted by molar-refractivity contribution is 14.1. The fraction of sp³-hybridized carbons (Fsp3) is 0.417. The Morgan fingerprint density at radius 3 is 3.00 bits per heavy atom. The predicted molar refractivity (Wildman–Crippen MR) is 75.7 cm³/mol. The van der Waals surface area contributed by atoms with Gasteiger partial charge in [-0.1, -0.05) is 17.7 Å². The van der Waals surface area contributed by atoms with Gasteiger partial charge in [-0.05, 0) is 59.5 Å². The summed E-state index contributed by atoms with van der Waals surface area (Å²) in [4.78, 5) is 0. The first-order valence-corrected chi connectivity index (χ1v) is 6.88. The quantitative estimate of drug-likeness (QED) is 0.481. The third-order valence-electron chi connectivity index (χ3n) is 3.04. The summed E-state index contributed by atoms with van der Waals surface area (Å²) >= 11 is 8.23. The van der Waals surface area contributed by atoms with Gasteiger partial charge in [-0.25, -0.2) is 0 Å². The van der Waals surface area contributed by atoms with Crippen LogP contribution < -0.4 is 0 Å². The first kappa shape index (κ1) is 13.1. The van der Waals surface area contributed by atoms with Crippen molar-refractivity contribution < 1.29 is 9.84 Å². The van der Waals surface area contributed by atoms with Crippen LogP contribution in [0.2, 0.25) is 5.02 Å². The number of nitrogens with one attached hydrogen (secondary N) is 1. The van der Waals surface area contributed by atoms with E-state index >= 15 is 0 Å². The van der Waals surface area contributed by atoms with Crippen LogP contribution in [-0.2, 0) is 16.8 Å². The molecule has 0 fully saturated rings. The Morgan fingerprint density at radius 1 is 1.65 bits per heavy atom. The molecule has 1 aliphatic rings. The number of ether oxygens (including phenoxy) is 1. The van der Waals surface area contributed by atoms with Crippen LogP contribution in [0.4, 0.5) is 0 Å². The molecule has 17 heavy (non-hydrogen) atoms. The maximum absolute atomic E-state index is 10.6. The normalized spacial score (nSPS) is 22.4. The molecule has 0 spiro atoms. The largest absolute Gasteiger partial charge is 0.479 e. The fourth-order valence-electron chi connectivity index (χ4n) is 2.16. The zero-order chi connectivity index (χ0) is 12.6. The monoisotopic (exact) mass is 365 g/mol. The molecule has 2 N–H and O–H groups in total. The van der Waals surface area contributed by atoms with Crippen LogP contribution in [0, 0.1) is 8.98 Å². The molecule has 0 radical (unpaired) electrons. The summed E-state index contributed by atoms with van der Waals surface area (Å²) in [6.45, 7) is 2.19. The summed E-state index contributed by atoms with van der Waals surface area (Å²) in [5.74, 6) is -0.0723. The Kier molecular flexibility index (Phi) is 3.66. The van der Waals surface area contributed by atoms with Crippen LogP contribution >= 0.6 is 34.2 Å². The lowest BCUT2D eigenvalue weighted by Crippen LogP contribution is -2.34. The summed E-state index contributed by atoms with van der Waals surface area (Å²) in [5.41, 5.74) is 0.505. The Bertz CT molecular complexity index is 478. The third-order valence-corrected chi connectivity index (χ3v) is 4.91. The first-order chi connectivity index (χ1) is 8.00. The van der Waals surface area contributed by atoms with Crippen LogP contribution in [0.15, 0.2) is 12.1 Å². The van der Waals surface area contributed by atoms with Gasteiger partial charge in [0.2, 0.25) is 5.90 Å². The van der Waals surface area contributed by atoms with Gasteiger partial charge in [0, 0.05) is 3.57 Å². The van der Waals surface area contributed by atoms with Gasteiger partial charge in [0.25, 0.3) is 0 Å².